The van der Waals surface area contributed by atoms with E-state index in [0.717, 1.165) is 0 Å². The number of amides is 1. The van der Waals surface area contributed by atoms with Crippen molar-refractivity contribution in [1.29, 1.82) is 5.26 Å². The molecular weight excluding hydrogens is 389 g/mol. The Hall–Kier alpha value is -3.73. The first-order valence-electron chi connectivity index (χ1n) is 9.39. The van der Waals surface area contributed by atoms with Crippen molar-refractivity contribution < 1.29 is 23.5 Å². The molecule has 1 aliphatic rings. The normalized spacial score (nSPS) is 13.5. The molecule has 0 spiro atoms. The minimum absolute atomic E-state index is 0.202. The summed E-state index contributed by atoms with van der Waals surface area (Å²) < 4.78 is 19.4. The van der Waals surface area contributed by atoms with Gasteiger partial charge in [-0.05, 0) is 49.4 Å². The number of carbonyl (C=O) groups is 3. The number of Topliss-reactive ketones (excluding diaryl/α,β-unsaturated/α-hetero) is 1. The maximum absolute atomic E-state index is 14.3. The highest BCUT2D eigenvalue weighted by Crippen LogP contribution is 2.22. The molecule has 1 fully saturated rings. The second kappa shape index (κ2) is 9.18. The van der Waals surface area contributed by atoms with E-state index >= 15 is 0 Å². The molecule has 0 N–H and O–H groups in total. The second-order valence-corrected chi connectivity index (χ2v) is 6.86. The molecule has 1 heterocycles. The monoisotopic (exact) mass is 409 g/mol. The number of nitrogens with zero attached hydrogens (tertiary/aromatic N) is 3. The smallest absolute Gasteiger partial charge is 0.338 e. The number of esters is 1. The van der Waals surface area contributed by atoms with Gasteiger partial charge >= 0.3 is 5.97 Å². The van der Waals surface area contributed by atoms with Crippen LogP contribution in [0.25, 0.3) is 0 Å². The number of benzene rings is 2. The number of ketones is 1. The molecule has 0 atom stereocenters. The van der Waals surface area contributed by atoms with Crippen molar-refractivity contribution in [2.24, 2.45) is 0 Å². The van der Waals surface area contributed by atoms with Gasteiger partial charge in [0.1, 0.15) is 5.82 Å². The molecule has 30 heavy (non-hydrogen) atoms. The van der Waals surface area contributed by atoms with Gasteiger partial charge in [0, 0.05) is 31.7 Å². The van der Waals surface area contributed by atoms with Crippen LogP contribution in [0.4, 0.5) is 10.1 Å². The van der Waals surface area contributed by atoms with Gasteiger partial charge in [0.25, 0.3) is 5.91 Å². The van der Waals surface area contributed by atoms with Gasteiger partial charge in [0.15, 0.2) is 12.4 Å². The Morgan fingerprint density at radius 2 is 1.67 bits per heavy atom. The van der Waals surface area contributed by atoms with Crippen molar-refractivity contribution >= 4 is 23.3 Å². The Kier molecular flexibility index (Phi) is 6.42. The summed E-state index contributed by atoms with van der Waals surface area (Å²) >= 11 is 0. The average Bonchev–Trinajstić information content (AvgIpc) is 2.77. The first kappa shape index (κ1) is 21.0. The standard InChI is InChI=1S/C22H20FN3O4/c1-15(27)18-6-7-20(19(23)12-18)25-8-10-26(11-9-25)21(28)14-30-22(29)17-4-2-16(13-24)3-5-17/h2-7,12H,8-11,14H2,1H3. The number of halogens is 1. The number of hydrogen-bond donors (Lipinski definition) is 0. The molecule has 0 saturated carbocycles. The van der Waals surface area contributed by atoms with Crippen LogP contribution in [0.15, 0.2) is 42.5 Å². The molecule has 154 valence electrons. The Morgan fingerprint density at radius 3 is 2.23 bits per heavy atom. The van der Waals surface area contributed by atoms with E-state index in [9.17, 15) is 18.8 Å². The second-order valence-electron chi connectivity index (χ2n) is 6.86. The topological polar surface area (TPSA) is 90.7 Å². The molecule has 2 aromatic rings. The molecule has 2 aromatic carbocycles. The lowest BCUT2D eigenvalue weighted by Crippen LogP contribution is -2.50. The van der Waals surface area contributed by atoms with E-state index in [2.05, 4.69) is 0 Å². The summed E-state index contributed by atoms with van der Waals surface area (Å²) in [4.78, 5) is 39.1. The molecule has 0 radical (unpaired) electrons. The molecule has 1 saturated heterocycles. The van der Waals surface area contributed by atoms with Crippen LogP contribution in [0, 0.1) is 17.1 Å². The lowest BCUT2D eigenvalue weighted by molar-refractivity contribution is -0.134. The van der Waals surface area contributed by atoms with Crippen LogP contribution in [-0.2, 0) is 9.53 Å². The lowest BCUT2D eigenvalue weighted by Gasteiger charge is -2.36. The number of hydrogen-bond acceptors (Lipinski definition) is 6. The van der Waals surface area contributed by atoms with Crippen LogP contribution in [0.2, 0.25) is 0 Å². The molecule has 0 bridgehead atoms. The van der Waals surface area contributed by atoms with E-state index in [1.807, 2.05) is 11.0 Å². The molecule has 1 amide bonds. The molecule has 1 aliphatic heterocycles. The molecule has 0 aliphatic carbocycles. The van der Waals surface area contributed by atoms with Crippen LogP contribution in [0.5, 0.6) is 0 Å². The number of ether oxygens (including phenoxy) is 1. The van der Waals surface area contributed by atoms with E-state index in [4.69, 9.17) is 10.00 Å². The fourth-order valence-corrected chi connectivity index (χ4v) is 3.16. The Labute approximate surface area is 173 Å². The van der Waals surface area contributed by atoms with Gasteiger partial charge in [0.2, 0.25) is 0 Å². The maximum Gasteiger partial charge on any atom is 0.338 e. The van der Waals surface area contributed by atoms with Gasteiger partial charge < -0.3 is 14.5 Å². The van der Waals surface area contributed by atoms with Gasteiger partial charge in [-0.1, -0.05) is 0 Å². The minimum atomic E-state index is -0.640. The van der Waals surface area contributed by atoms with Gasteiger partial charge in [-0.3, -0.25) is 9.59 Å². The summed E-state index contributed by atoms with van der Waals surface area (Å²) in [6, 6.07) is 12.3. The van der Waals surface area contributed by atoms with E-state index in [1.165, 1.54) is 37.3 Å². The van der Waals surface area contributed by atoms with Gasteiger partial charge in [-0.2, -0.15) is 5.26 Å². The molecule has 8 heteroatoms. The number of carbonyl (C=O) groups excluding carboxylic acids is 3. The van der Waals surface area contributed by atoms with Gasteiger partial charge in [-0.25, -0.2) is 9.18 Å². The molecule has 7 nitrogen and oxygen atoms in total. The van der Waals surface area contributed by atoms with Crippen LogP contribution in [0.3, 0.4) is 0 Å². The number of rotatable bonds is 5. The highest BCUT2D eigenvalue weighted by molar-refractivity contribution is 5.94. The van der Waals surface area contributed by atoms with Gasteiger partial charge in [0.05, 0.1) is 22.9 Å². The first-order chi connectivity index (χ1) is 14.4. The van der Waals surface area contributed by atoms with Crippen LogP contribution < -0.4 is 4.90 Å². The SMILES string of the molecule is CC(=O)c1ccc(N2CCN(C(=O)COC(=O)c3ccc(C#N)cc3)CC2)c(F)c1. The quantitative estimate of drug-likeness (QED) is 0.556. The maximum atomic E-state index is 14.3. The van der Waals surface area contributed by atoms with E-state index < -0.39 is 11.8 Å². The van der Waals surface area contributed by atoms with Crippen molar-refractivity contribution in [1.82, 2.24) is 4.90 Å². The summed E-state index contributed by atoms with van der Waals surface area (Å²) in [6.07, 6.45) is 0. The predicted octanol–water partition coefficient (Wildman–Crippen LogP) is 2.41. The van der Waals surface area contributed by atoms with Crippen LogP contribution in [0.1, 0.15) is 33.2 Å². The lowest BCUT2D eigenvalue weighted by atomic mass is 10.1. The molecule has 0 unspecified atom stereocenters. The molecule has 3 rings (SSSR count). The van der Waals surface area contributed by atoms with E-state index in [1.54, 1.807) is 17.0 Å². The van der Waals surface area contributed by atoms with Crippen molar-refractivity contribution in [3.05, 3.63) is 65.0 Å². The van der Waals surface area contributed by atoms with Crippen LogP contribution >= 0.6 is 0 Å². The fourth-order valence-electron chi connectivity index (χ4n) is 3.16. The van der Waals surface area contributed by atoms with Gasteiger partial charge in [-0.15, -0.1) is 0 Å². The zero-order valence-electron chi connectivity index (χ0n) is 16.4. The Balaban J connectivity index is 1.51. The third kappa shape index (κ3) is 4.81. The van der Waals surface area contributed by atoms with Crippen molar-refractivity contribution in [3.63, 3.8) is 0 Å². The predicted molar refractivity (Wildman–Crippen MR) is 107 cm³/mol. The van der Waals surface area contributed by atoms with E-state index in [0.29, 0.717) is 43.0 Å². The summed E-state index contributed by atoms with van der Waals surface area (Å²) in [6.45, 7) is 2.56. The highest BCUT2D eigenvalue weighted by Gasteiger charge is 2.24. The zero-order chi connectivity index (χ0) is 21.7. The number of piperazine rings is 1. The Bertz CT molecular complexity index is 1010. The summed E-state index contributed by atoms with van der Waals surface area (Å²) in [7, 11) is 0. The molecule has 0 aromatic heterocycles. The first-order valence-corrected chi connectivity index (χ1v) is 9.39. The van der Waals surface area contributed by atoms with Crippen molar-refractivity contribution in [2.45, 2.75) is 6.92 Å². The third-order valence-electron chi connectivity index (χ3n) is 4.90. The summed E-state index contributed by atoms with van der Waals surface area (Å²) in [5.74, 6) is -1.65. The van der Waals surface area contributed by atoms with E-state index in [-0.39, 0.29) is 23.9 Å². The summed E-state index contributed by atoms with van der Waals surface area (Å²) in [5.41, 5.74) is 1.39. The number of anilines is 1. The molecular formula is C22H20FN3O4. The van der Waals surface area contributed by atoms with Crippen molar-refractivity contribution in [3.8, 4) is 6.07 Å². The van der Waals surface area contributed by atoms with Crippen molar-refractivity contribution in [2.75, 3.05) is 37.7 Å². The highest BCUT2D eigenvalue weighted by atomic mass is 19.1. The minimum Gasteiger partial charge on any atom is -0.452 e. The fraction of sp³-hybridized carbons (Fsp3) is 0.273. The van der Waals surface area contributed by atoms with Crippen LogP contribution in [-0.4, -0.2) is 55.3 Å². The third-order valence-corrected chi connectivity index (χ3v) is 4.90. The average molecular weight is 409 g/mol. The summed E-state index contributed by atoms with van der Waals surface area (Å²) in [5, 5.41) is 8.77. The number of nitriles is 1. The largest absolute Gasteiger partial charge is 0.452 e. The zero-order valence-corrected chi connectivity index (χ0v) is 16.4. The Morgan fingerprint density at radius 1 is 1.03 bits per heavy atom.